The van der Waals surface area contributed by atoms with Crippen molar-refractivity contribution >= 4 is 12.2 Å². The standard InChI is InChI=1S/C10H12F2N2O4S/c11-4-10(17)7(12)5(3-15)18-8(10)14-2-1-6(16)13-9(14)19/h1-2,5,7-8,15,17H,3-4H2,(H,13,16,19)/t5-,7+,8-,10?/m1/s1. The van der Waals surface area contributed by atoms with Crippen molar-refractivity contribution in [2.45, 2.75) is 24.1 Å². The second-order valence-corrected chi connectivity index (χ2v) is 4.64. The summed E-state index contributed by atoms with van der Waals surface area (Å²) in [7, 11) is 0. The maximum absolute atomic E-state index is 13.9. The average molecular weight is 294 g/mol. The molecule has 1 fully saturated rings. The first kappa shape index (κ1) is 14.3. The highest BCUT2D eigenvalue weighted by Crippen LogP contribution is 2.40. The van der Waals surface area contributed by atoms with E-state index < -0.39 is 42.9 Å². The second-order valence-electron chi connectivity index (χ2n) is 4.25. The smallest absolute Gasteiger partial charge is 0.251 e. The van der Waals surface area contributed by atoms with Crippen LogP contribution in [0.3, 0.4) is 0 Å². The number of H-pyrrole nitrogens is 1. The fraction of sp³-hybridized carbons (Fsp3) is 0.600. The number of aromatic nitrogens is 2. The van der Waals surface area contributed by atoms with Crippen LogP contribution in [-0.2, 0) is 4.74 Å². The monoisotopic (exact) mass is 294 g/mol. The van der Waals surface area contributed by atoms with Gasteiger partial charge < -0.3 is 14.9 Å². The van der Waals surface area contributed by atoms with Crippen molar-refractivity contribution in [2.24, 2.45) is 0 Å². The molecule has 1 aromatic heterocycles. The van der Waals surface area contributed by atoms with Gasteiger partial charge in [-0.05, 0) is 12.2 Å². The molecule has 2 heterocycles. The number of rotatable bonds is 3. The molecule has 19 heavy (non-hydrogen) atoms. The molecule has 0 aromatic carbocycles. The molecule has 4 atom stereocenters. The second kappa shape index (κ2) is 5.08. The molecule has 1 aliphatic heterocycles. The molecule has 6 nitrogen and oxygen atoms in total. The SMILES string of the molecule is O=c1ccn([C@@H]2O[C@H](CO)[C@H](F)C2(O)CF)c(=S)[nH]1. The van der Waals surface area contributed by atoms with Gasteiger partial charge >= 0.3 is 0 Å². The molecule has 1 saturated heterocycles. The van der Waals surface area contributed by atoms with E-state index in [4.69, 9.17) is 22.1 Å². The van der Waals surface area contributed by atoms with E-state index in [0.717, 1.165) is 10.6 Å². The molecular formula is C10H12F2N2O4S. The molecule has 1 unspecified atom stereocenters. The van der Waals surface area contributed by atoms with E-state index in [1.165, 1.54) is 6.20 Å². The Morgan fingerprint density at radius 3 is 2.84 bits per heavy atom. The molecule has 0 aliphatic carbocycles. The molecule has 0 bridgehead atoms. The number of hydrogen-bond donors (Lipinski definition) is 3. The van der Waals surface area contributed by atoms with Crippen molar-refractivity contribution in [2.75, 3.05) is 13.3 Å². The number of ether oxygens (including phenoxy) is 1. The minimum absolute atomic E-state index is 0.143. The van der Waals surface area contributed by atoms with Crippen LogP contribution in [0.2, 0.25) is 0 Å². The first-order valence-corrected chi connectivity index (χ1v) is 5.85. The number of alkyl halides is 2. The van der Waals surface area contributed by atoms with Gasteiger partial charge in [-0.15, -0.1) is 0 Å². The minimum Gasteiger partial charge on any atom is -0.394 e. The third-order valence-electron chi connectivity index (χ3n) is 3.03. The molecule has 2 rings (SSSR count). The largest absolute Gasteiger partial charge is 0.394 e. The van der Waals surface area contributed by atoms with Gasteiger partial charge in [-0.1, -0.05) is 0 Å². The van der Waals surface area contributed by atoms with E-state index in [2.05, 4.69) is 4.98 Å². The Bertz CT molecular complexity index is 577. The van der Waals surface area contributed by atoms with Gasteiger partial charge in [0.05, 0.1) is 6.61 Å². The summed E-state index contributed by atoms with van der Waals surface area (Å²) in [4.78, 5) is 13.3. The molecule has 0 spiro atoms. The van der Waals surface area contributed by atoms with Crippen LogP contribution in [0.5, 0.6) is 0 Å². The number of hydrogen-bond acceptors (Lipinski definition) is 5. The predicted octanol–water partition coefficient (Wildman–Crippen LogP) is -0.166. The summed E-state index contributed by atoms with van der Waals surface area (Å²) in [6, 6.07) is 1.08. The van der Waals surface area contributed by atoms with Crippen molar-refractivity contribution in [1.82, 2.24) is 9.55 Å². The summed E-state index contributed by atoms with van der Waals surface area (Å²) in [5.41, 5.74) is -2.96. The summed E-state index contributed by atoms with van der Waals surface area (Å²) >= 11 is 4.85. The first-order chi connectivity index (χ1) is 8.93. The highest BCUT2D eigenvalue weighted by molar-refractivity contribution is 7.71. The Morgan fingerprint density at radius 2 is 2.32 bits per heavy atom. The Labute approximate surface area is 111 Å². The lowest BCUT2D eigenvalue weighted by Crippen LogP contribution is -2.47. The van der Waals surface area contributed by atoms with E-state index in [9.17, 15) is 18.7 Å². The molecule has 1 aliphatic rings. The maximum Gasteiger partial charge on any atom is 0.251 e. The van der Waals surface area contributed by atoms with Gasteiger partial charge in [0.2, 0.25) is 0 Å². The lowest BCUT2D eigenvalue weighted by atomic mass is 9.97. The minimum atomic E-state index is -2.47. The van der Waals surface area contributed by atoms with Crippen LogP contribution in [0.15, 0.2) is 17.1 Å². The lowest BCUT2D eigenvalue weighted by Gasteiger charge is -2.28. The van der Waals surface area contributed by atoms with E-state index in [1.807, 2.05) is 0 Å². The van der Waals surface area contributed by atoms with Gasteiger partial charge in [0.15, 0.2) is 22.8 Å². The van der Waals surface area contributed by atoms with Crippen molar-refractivity contribution in [3.05, 3.63) is 27.4 Å². The van der Waals surface area contributed by atoms with E-state index >= 15 is 0 Å². The maximum atomic E-state index is 13.9. The summed E-state index contributed by atoms with van der Waals surface area (Å²) in [6.45, 7) is -2.13. The van der Waals surface area contributed by atoms with Gasteiger partial charge in [-0.25, -0.2) is 8.78 Å². The van der Waals surface area contributed by atoms with Crippen molar-refractivity contribution in [3.8, 4) is 0 Å². The van der Waals surface area contributed by atoms with Crippen LogP contribution < -0.4 is 5.56 Å². The predicted molar refractivity (Wildman–Crippen MR) is 62.7 cm³/mol. The van der Waals surface area contributed by atoms with Crippen LogP contribution in [-0.4, -0.2) is 50.9 Å². The Hall–Kier alpha value is -1.16. The van der Waals surface area contributed by atoms with Crippen LogP contribution in [0.1, 0.15) is 6.23 Å². The molecule has 106 valence electrons. The highest BCUT2D eigenvalue weighted by Gasteiger charge is 2.57. The summed E-state index contributed by atoms with van der Waals surface area (Å²) in [5, 5.41) is 19.0. The molecule has 0 radical (unpaired) electrons. The number of aromatic amines is 1. The Morgan fingerprint density at radius 1 is 1.63 bits per heavy atom. The third kappa shape index (κ3) is 2.22. The molecular weight excluding hydrogens is 282 g/mol. The van der Waals surface area contributed by atoms with Crippen molar-refractivity contribution in [1.29, 1.82) is 0 Å². The zero-order chi connectivity index (χ0) is 14.2. The average Bonchev–Trinajstić information content (AvgIpc) is 2.63. The van der Waals surface area contributed by atoms with Gasteiger partial charge in [-0.2, -0.15) is 0 Å². The van der Waals surface area contributed by atoms with Gasteiger partial charge in [0.1, 0.15) is 12.8 Å². The van der Waals surface area contributed by atoms with Crippen LogP contribution in [0.25, 0.3) is 0 Å². The van der Waals surface area contributed by atoms with Gasteiger partial charge in [0.25, 0.3) is 5.56 Å². The zero-order valence-corrected chi connectivity index (χ0v) is 10.4. The fourth-order valence-electron chi connectivity index (χ4n) is 2.00. The number of aliphatic hydroxyl groups excluding tert-OH is 1. The normalized spacial score (nSPS) is 34.6. The molecule has 0 amide bonds. The van der Waals surface area contributed by atoms with Crippen molar-refractivity contribution < 1.29 is 23.7 Å². The Balaban J connectivity index is 2.48. The molecule has 1 aromatic rings. The quantitative estimate of drug-likeness (QED) is 0.674. The lowest BCUT2D eigenvalue weighted by molar-refractivity contribution is -0.112. The topological polar surface area (TPSA) is 87.5 Å². The number of nitrogens with zero attached hydrogens (tertiary/aromatic N) is 1. The number of nitrogens with one attached hydrogen (secondary N) is 1. The summed E-state index contributed by atoms with van der Waals surface area (Å²) in [5.74, 6) is 0. The van der Waals surface area contributed by atoms with Gasteiger partial charge in [-0.3, -0.25) is 14.3 Å². The van der Waals surface area contributed by atoms with E-state index in [0.29, 0.717) is 0 Å². The number of aliphatic hydroxyl groups is 2. The summed E-state index contributed by atoms with van der Waals surface area (Å²) < 4.78 is 32.9. The molecule has 3 N–H and O–H groups in total. The Kier molecular flexibility index (Phi) is 3.81. The van der Waals surface area contributed by atoms with Crippen molar-refractivity contribution in [3.63, 3.8) is 0 Å². The highest BCUT2D eigenvalue weighted by atomic mass is 32.1. The fourth-order valence-corrected chi connectivity index (χ4v) is 2.26. The first-order valence-electron chi connectivity index (χ1n) is 5.44. The third-order valence-corrected chi connectivity index (χ3v) is 3.35. The molecule has 9 heteroatoms. The summed E-state index contributed by atoms with van der Waals surface area (Å²) in [6.07, 6.45) is -3.77. The van der Waals surface area contributed by atoms with E-state index in [-0.39, 0.29) is 4.77 Å². The van der Waals surface area contributed by atoms with Crippen LogP contribution in [0, 0.1) is 4.77 Å². The molecule has 0 saturated carbocycles. The van der Waals surface area contributed by atoms with Crippen LogP contribution >= 0.6 is 12.2 Å². The zero-order valence-electron chi connectivity index (χ0n) is 9.62. The van der Waals surface area contributed by atoms with Gasteiger partial charge in [0, 0.05) is 12.3 Å². The van der Waals surface area contributed by atoms with Crippen LogP contribution in [0.4, 0.5) is 8.78 Å². The van der Waals surface area contributed by atoms with E-state index in [1.54, 1.807) is 0 Å². The number of halogens is 2.